The Labute approximate surface area is 196 Å². The Morgan fingerprint density at radius 1 is 0.909 bits per heavy atom. The van der Waals surface area contributed by atoms with Crippen LogP contribution in [0.3, 0.4) is 0 Å². The Kier molecular flexibility index (Phi) is 7.78. The van der Waals surface area contributed by atoms with Gasteiger partial charge in [-0.1, -0.05) is 30.3 Å². The lowest BCUT2D eigenvalue weighted by Gasteiger charge is -2.28. The molecule has 33 heavy (non-hydrogen) atoms. The molecule has 0 amide bonds. The van der Waals surface area contributed by atoms with Gasteiger partial charge in [0.15, 0.2) is 4.90 Å². The number of aryl methyl sites for hydroxylation is 2. The Morgan fingerprint density at radius 3 is 2.30 bits per heavy atom. The molecule has 2 N–H and O–H groups in total. The van der Waals surface area contributed by atoms with E-state index in [2.05, 4.69) is 28.2 Å². The molecule has 2 aromatic carbocycles. The first-order valence-corrected chi connectivity index (χ1v) is 13.4. The zero-order valence-electron chi connectivity index (χ0n) is 19.0. The second-order valence-electron chi connectivity index (χ2n) is 9.40. The van der Waals surface area contributed by atoms with E-state index in [1.54, 1.807) is 0 Å². The lowest BCUT2D eigenvalue weighted by molar-refractivity contribution is -0.387. The quantitative estimate of drug-likeness (QED) is 0.418. The van der Waals surface area contributed by atoms with Gasteiger partial charge >= 0.3 is 0 Å². The van der Waals surface area contributed by atoms with Crippen molar-refractivity contribution in [1.29, 1.82) is 0 Å². The van der Waals surface area contributed by atoms with E-state index in [4.69, 9.17) is 0 Å². The molecule has 4 rings (SSSR count). The summed E-state index contributed by atoms with van der Waals surface area (Å²) in [4.78, 5) is 10.2. The molecule has 2 aliphatic carbocycles. The number of sulfonamides is 1. The number of rotatable bonds is 9. The van der Waals surface area contributed by atoms with Crippen molar-refractivity contribution in [2.75, 3.05) is 13.1 Å². The van der Waals surface area contributed by atoms with Gasteiger partial charge in [0.2, 0.25) is 10.0 Å². The van der Waals surface area contributed by atoms with Crippen molar-refractivity contribution >= 4 is 15.7 Å². The zero-order chi connectivity index (χ0) is 23.3. The number of para-hydroxylation sites is 1. The van der Waals surface area contributed by atoms with Gasteiger partial charge in [0.25, 0.3) is 5.69 Å². The summed E-state index contributed by atoms with van der Waals surface area (Å²) >= 11 is 0. The fourth-order valence-corrected chi connectivity index (χ4v) is 6.38. The molecule has 0 spiro atoms. The second kappa shape index (κ2) is 10.8. The van der Waals surface area contributed by atoms with E-state index in [1.165, 1.54) is 66.6 Å². The van der Waals surface area contributed by atoms with Crippen molar-refractivity contribution in [2.45, 2.75) is 62.8 Å². The maximum absolute atomic E-state index is 12.6. The van der Waals surface area contributed by atoms with Crippen LogP contribution in [0.5, 0.6) is 0 Å². The third-order valence-electron chi connectivity index (χ3n) is 7.05. The molecule has 0 unspecified atom stereocenters. The fraction of sp³-hybridized carbons (Fsp3) is 0.520. The van der Waals surface area contributed by atoms with Crippen molar-refractivity contribution < 1.29 is 13.3 Å². The van der Waals surface area contributed by atoms with Crippen molar-refractivity contribution in [3.63, 3.8) is 0 Å². The standard InChI is InChI=1S/C25H33N3O4S/c29-28(30)24-7-3-4-8-25(24)33(31,32)27-18-20-11-9-19(10-12-20)16-26-17-21-13-14-22-5-1-2-6-23(22)15-21/h3-4,7-8,13-15,19-20,26-27H,1-2,5-6,9-12,16-18H2. The summed E-state index contributed by atoms with van der Waals surface area (Å²) < 4.78 is 27.8. The maximum atomic E-state index is 12.6. The summed E-state index contributed by atoms with van der Waals surface area (Å²) in [5.41, 5.74) is 4.00. The third-order valence-corrected chi connectivity index (χ3v) is 8.53. The van der Waals surface area contributed by atoms with Crippen LogP contribution in [0.15, 0.2) is 47.4 Å². The fourth-order valence-electron chi connectivity index (χ4n) is 5.10. The number of nitro benzene ring substituents is 1. The molecule has 1 fully saturated rings. The van der Waals surface area contributed by atoms with E-state index in [-0.39, 0.29) is 10.8 Å². The van der Waals surface area contributed by atoms with E-state index in [0.717, 1.165) is 38.8 Å². The van der Waals surface area contributed by atoms with Crippen LogP contribution in [0, 0.1) is 22.0 Å². The van der Waals surface area contributed by atoms with E-state index >= 15 is 0 Å². The van der Waals surface area contributed by atoms with Gasteiger partial charge in [0.1, 0.15) is 0 Å². The second-order valence-corrected chi connectivity index (χ2v) is 11.1. The highest BCUT2D eigenvalue weighted by atomic mass is 32.2. The molecule has 0 aliphatic heterocycles. The van der Waals surface area contributed by atoms with Crippen LogP contribution >= 0.6 is 0 Å². The largest absolute Gasteiger partial charge is 0.312 e. The average Bonchev–Trinajstić information content (AvgIpc) is 2.83. The van der Waals surface area contributed by atoms with Crippen molar-refractivity contribution in [3.05, 3.63) is 69.3 Å². The van der Waals surface area contributed by atoms with Crippen LogP contribution in [-0.2, 0) is 29.4 Å². The highest BCUT2D eigenvalue weighted by molar-refractivity contribution is 7.89. The predicted octanol–water partition coefficient (Wildman–Crippen LogP) is 4.35. The highest BCUT2D eigenvalue weighted by Crippen LogP contribution is 2.29. The topological polar surface area (TPSA) is 101 Å². The summed E-state index contributed by atoms with van der Waals surface area (Å²) in [5, 5.41) is 14.8. The van der Waals surface area contributed by atoms with Gasteiger partial charge in [-0.15, -0.1) is 0 Å². The molecule has 2 aromatic rings. The molecule has 7 nitrogen and oxygen atoms in total. The van der Waals surface area contributed by atoms with Crippen molar-refractivity contribution in [2.24, 2.45) is 11.8 Å². The van der Waals surface area contributed by atoms with Crippen LogP contribution in [0.25, 0.3) is 0 Å². The van der Waals surface area contributed by atoms with Gasteiger partial charge in [0, 0.05) is 19.2 Å². The number of nitrogens with one attached hydrogen (secondary N) is 2. The molecule has 0 heterocycles. The van der Waals surface area contributed by atoms with Crippen molar-refractivity contribution in [1.82, 2.24) is 10.0 Å². The predicted molar refractivity (Wildman–Crippen MR) is 129 cm³/mol. The van der Waals surface area contributed by atoms with Gasteiger partial charge in [-0.2, -0.15) is 0 Å². The summed E-state index contributed by atoms with van der Waals surface area (Å²) in [5.74, 6) is 0.866. The van der Waals surface area contributed by atoms with Gasteiger partial charge in [0.05, 0.1) is 4.92 Å². The van der Waals surface area contributed by atoms with Crippen LogP contribution in [0.2, 0.25) is 0 Å². The number of hydrogen-bond acceptors (Lipinski definition) is 5. The van der Waals surface area contributed by atoms with Gasteiger partial charge in [-0.05, 0) is 92.5 Å². The molecule has 0 atom stereocenters. The number of fused-ring (bicyclic) bond motifs is 1. The van der Waals surface area contributed by atoms with Crippen LogP contribution in [-0.4, -0.2) is 26.4 Å². The van der Waals surface area contributed by atoms with Crippen molar-refractivity contribution in [3.8, 4) is 0 Å². The van der Waals surface area contributed by atoms with E-state index in [1.807, 2.05) is 0 Å². The normalized spacial score (nSPS) is 20.8. The lowest BCUT2D eigenvalue weighted by atomic mass is 9.82. The molecule has 0 saturated heterocycles. The minimum Gasteiger partial charge on any atom is -0.312 e. The smallest absolute Gasteiger partial charge is 0.289 e. The number of benzene rings is 2. The third kappa shape index (κ3) is 6.19. The maximum Gasteiger partial charge on any atom is 0.289 e. The highest BCUT2D eigenvalue weighted by Gasteiger charge is 2.27. The SMILES string of the molecule is O=[N+]([O-])c1ccccc1S(=O)(=O)NCC1CCC(CNCc2ccc3c(c2)CCCC3)CC1. The summed E-state index contributed by atoms with van der Waals surface area (Å²) in [7, 11) is -3.90. The molecule has 0 radical (unpaired) electrons. The van der Waals surface area contributed by atoms with Gasteiger partial charge < -0.3 is 5.32 Å². The summed E-state index contributed by atoms with van der Waals surface area (Å²) in [6, 6.07) is 12.4. The molecule has 0 aromatic heterocycles. The molecule has 0 bridgehead atoms. The van der Waals surface area contributed by atoms with Crippen LogP contribution < -0.4 is 10.0 Å². The first-order valence-electron chi connectivity index (χ1n) is 12.0. The summed E-state index contributed by atoms with van der Waals surface area (Å²) in [6.45, 7) is 2.19. The Morgan fingerprint density at radius 2 is 1.58 bits per heavy atom. The summed E-state index contributed by atoms with van der Waals surface area (Å²) in [6.07, 6.45) is 9.07. The molecular weight excluding hydrogens is 438 g/mol. The zero-order valence-corrected chi connectivity index (χ0v) is 19.8. The first-order chi connectivity index (χ1) is 15.9. The van der Waals surface area contributed by atoms with Crippen LogP contribution in [0.1, 0.15) is 55.2 Å². The number of nitrogens with zero attached hydrogens (tertiary/aromatic N) is 1. The Balaban J connectivity index is 1.20. The Hall–Kier alpha value is -2.29. The minimum absolute atomic E-state index is 0.263. The molecule has 1 saturated carbocycles. The molecular formula is C25H33N3O4S. The Bertz CT molecular complexity index is 1080. The van der Waals surface area contributed by atoms with Gasteiger partial charge in [-0.25, -0.2) is 13.1 Å². The monoisotopic (exact) mass is 471 g/mol. The number of hydrogen-bond donors (Lipinski definition) is 2. The van der Waals surface area contributed by atoms with E-state index in [9.17, 15) is 18.5 Å². The van der Waals surface area contributed by atoms with E-state index < -0.39 is 20.6 Å². The van der Waals surface area contributed by atoms with Crippen LogP contribution in [0.4, 0.5) is 5.69 Å². The molecule has 178 valence electrons. The lowest BCUT2D eigenvalue weighted by Crippen LogP contribution is -2.33. The molecule has 8 heteroatoms. The van der Waals surface area contributed by atoms with Gasteiger partial charge in [-0.3, -0.25) is 10.1 Å². The molecule has 2 aliphatic rings. The average molecular weight is 472 g/mol. The number of nitro groups is 1. The van der Waals surface area contributed by atoms with E-state index in [0.29, 0.717) is 12.5 Å². The minimum atomic E-state index is -3.90. The first kappa shape index (κ1) is 23.9.